The number of hydrogen-bond donors (Lipinski definition) is 0. The summed E-state index contributed by atoms with van der Waals surface area (Å²) in [5.74, 6) is -1.89. The zero-order chi connectivity index (χ0) is 14.5. The number of benzene rings is 1. The molecule has 0 unspecified atom stereocenters. The van der Waals surface area contributed by atoms with Crippen LogP contribution in [0.5, 0.6) is 0 Å². The Labute approximate surface area is 118 Å². The summed E-state index contributed by atoms with van der Waals surface area (Å²) in [7, 11) is 0. The lowest BCUT2D eigenvalue weighted by Gasteiger charge is -2.19. The van der Waals surface area contributed by atoms with Crippen molar-refractivity contribution in [2.45, 2.75) is 44.9 Å². The molecule has 0 heterocycles. The molecular formula is C16H20F2O2. The molecule has 1 saturated carbocycles. The van der Waals surface area contributed by atoms with E-state index >= 15 is 0 Å². The standard InChI is InChI=1S/C16H20F2O2/c1-2-3-9-20-16(19)14-6-4-5-12(14)13-8-7-11(17)10-15(13)18/h7-8,10,12,14H,2-6,9H2,1H3/t12-,14+/m0/s1. The molecule has 0 bridgehead atoms. The van der Waals surface area contributed by atoms with Crippen LogP contribution in [0.3, 0.4) is 0 Å². The van der Waals surface area contributed by atoms with Crippen molar-refractivity contribution in [2.24, 2.45) is 5.92 Å². The normalized spacial score (nSPS) is 21.9. The lowest BCUT2D eigenvalue weighted by Crippen LogP contribution is -2.21. The van der Waals surface area contributed by atoms with E-state index in [-0.39, 0.29) is 17.8 Å². The van der Waals surface area contributed by atoms with Gasteiger partial charge in [0.15, 0.2) is 0 Å². The van der Waals surface area contributed by atoms with E-state index in [1.165, 1.54) is 12.1 Å². The molecule has 20 heavy (non-hydrogen) atoms. The topological polar surface area (TPSA) is 26.3 Å². The molecule has 0 aliphatic heterocycles. The highest BCUT2D eigenvalue weighted by molar-refractivity contribution is 5.74. The van der Waals surface area contributed by atoms with E-state index in [0.717, 1.165) is 31.7 Å². The number of hydrogen-bond acceptors (Lipinski definition) is 2. The number of unbranched alkanes of at least 4 members (excludes halogenated alkanes) is 1. The third kappa shape index (κ3) is 3.35. The molecule has 0 saturated heterocycles. The van der Waals surface area contributed by atoms with Crippen molar-refractivity contribution in [3.63, 3.8) is 0 Å². The van der Waals surface area contributed by atoms with Crippen LogP contribution in [-0.4, -0.2) is 12.6 Å². The second-order valence-electron chi connectivity index (χ2n) is 5.33. The molecule has 0 N–H and O–H groups in total. The van der Waals surface area contributed by atoms with Gasteiger partial charge in [-0.05, 0) is 30.9 Å². The molecule has 0 aromatic heterocycles. The van der Waals surface area contributed by atoms with Crippen molar-refractivity contribution in [2.75, 3.05) is 6.61 Å². The third-order valence-corrected chi connectivity index (χ3v) is 3.92. The number of carbonyl (C=O) groups excluding carboxylic acids is 1. The number of esters is 1. The number of carbonyl (C=O) groups is 1. The van der Waals surface area contributed by atoms with Crippen LogP contribution in [0, 0.1) is 17.6 Å². The zero-order valence-electron chi connectivity index (χ0n) is 11.7. The largest absolute Gasteiger partial charge is 0.465 e. The summed E-state index contributed by atoms with van der Waals surface area (Å²) in [6.45, 7) is 2.45. The minimum Gasteiger partial charge on any atom is -0.465 e. The Kier molecular flexibility index (Phi) is 5.10. The minimum absolute atomic E-state index is 0.190. The molecule has 4 heteroatoms. The summed E-state index contributed by atoms with van der Waals surface area (Å²) in [4.78, 5) is 12.1. The maximum Gasteiger partial charge on any atom is 0.309 e. The molecule has 1 fully saturated rings. The van der Waals surface area contributed by atoms with Crippen molar-refractivity contribution >= 4 is 5.97 Å². The van der Waals surface area contributed by atoms with E-state index in [4.69, 9.17) is 4.74 Å². The van der Waals surface area contributed by atoms with Gasteiger partial charge in [-0.2, -0.15) is 0 Å². The highest BCUT2D eigenvalue weighted by atomic mass is 19.1. The van der Waals surface area contributed by atoms with Gasteiger partial charge < -0.3 is 4.74 Å². The molecule has 1 aromatic rings. The first kappa shape index (κ1) is 14.9. The van der Waals surface area contributed by atoms with E-state index in [0.29, 0.717) is 18.6 Å². The van der Waals surface area contributed by atoms with Crippen LogP contribution in [-0.2, 0) is 9.53 Å². The van der Waals surface area contributed by atoms with Gasteiger partial charge in [0, 0.05) is 12.0 Å². The van der Waals surface area contributed by atoms with Crippen molar-refractivity contribution < 1.29 is 18.3 Å². The summed E-state index contributed by atoms with van der Waals surface area (Å²) in [5.41, 5.74) is 0.432. The van der Waals surface area contributed by atoms with Gasteiger partial charge in [0.25, 0.3) is 0 Å². The predicted molar refractivity (Wildman–Crippen MR) is 72.3 cm³/mol. The first-order valence-corrected chi connectivity index (χ1v) is 7.25. The average molecular weight is 282 g/mol. The van der Waals surface area contributed by atoms with Crippen LogP contribution in [0.1, 0.15) is 50.5 Å². The van der Waals surface area contributed by atoms with Gasteiger partial charge in [-0.25, -0.2) is 8.78 Å². The van der Waals surface area contributed by atoms with Crippen LogP contribution in [0.15, 0.2) is 18.2 Å². The smallest absolute Gasteiger partial charge is 0.309 e. The van der Waals surface area contributed by atoms with Gasteiger partial charge in [0.1, 0.15) is 11.6 Å². The summed E-state index contributed by atoms with van der Waals surface area (Å²) in [5, 5.41) is 0. The Morgan fingerprint density at radius 1 is 1.35 bits per heavy atom. The van der Waals surface area contributed by atoms with Gasteiger partial charge in [0.2, 0.25) is 0 Å². The maximum atomic E-state index is 13.9. The predicted octanol–water partition coefficient (Wildman–Crippen LogP) is 4.19. The van der Waals surface area contributed by atoms with Gasteiger partial charge in [-0.3, -0.25) is 4.79 Å². The second-order valence-corrected chi connectivity index (χ2v) is 5.33. The number of rotatable bonds is 5. The summed E-state index contributed by atoms with van der Waals surface area (Å²) >= 11 is 0. The lowest BCUT2D eigenvalue weighted by atomic mass is 9.88. The van der Waals surface area contributed by atoms with Crippen molar-refractivity contribution in [1.29, 1.82) is 0 Å². The lowest BCUT2D eigenvalue weighted by molar-refractivity contribution is -0.149. The van der Waals surface area contributed by atoms with E-state index in [2.05, 4.69) is 0 Å². The Morgan fingerprint density at radius 2 is 2.15 bits per heavy atom. The maximum absolute atomic E-state index is 13.9. The fourth-order valence-electron chi connectivity index (χ4n) is 2.84. The van der Waals surface area contributed by atoms with Gasteiger partial charge >= 0.3 is 5.97 Å². The van der Waals surface area contributed by atoms with Crippen LogP contribution in [0.2, 0.25) is 0 Å². The summed E-state index contributed by atoms with van der Waals surface area (Å²) in [6.07, 6.45) is 4.14. The Balaban J connectivity index is 2.08. The molecule has 1 aromatic carbocycles. The molecule has 2 atom stereocenters. The van der Waals surface area contributed by atoms with Crippen LogP contribution < -0.4 is 0 Å². The first-order valence-electron chi connectivity index (χ1n) is 7.25. The summed E-state index contributed by atoms with van der Waals surface area (Å²) in [6, 6.07) is 3.58. The van der Waals surface area contributed by atoms with Crippen molar-refractivity contribution in [1.82, 2.24) is 0 Å². The van der Waals surface area contributed by atoms with Gasteiger partial charge in [-0.1, -0.05) is 25.8 Å². The third-order valence-electron chi connectivity index (χ3n) is 3.92. The zero-order valence-corrected chi connectivity index (χ0v) is 11.7. The monoisotopic (exact) mass is 282 g/mol. The molecule has 2 rings (SSSR count). The first-order chi connectivity index (χ1) is 9.63. The SMILES string of the molecule is CCCCOC(=O)[C@@H]1CCC[C@H]1c1ccc(F)cc1F. The Hall–Kier alpha value is -1.45. The molecule has 0 spiro atoms. The number of ether oxygens (including phenoxy) is 1. The van der Waals surface area contributed by atoms with E-state index in [9.17, 15) is 13.6 Å². The quantitative estimate of drug-likeness (QED) is 0.598. The fourth-order valence-corrected chi connectivity index (χ4v) is 2.84. The molecule has 0 radical (unpaired) electrons. The number of halogens is 2. The summed E-state index contributed by atoms with van der Waals surface area (Å²) < 4.78 is 32.1. The Morgan fingerprint density at radius 3 is 2.85 bits per heavy atom. The average Bonchev–Trinajstić information content (AvgIpc) is 2.88. The van der Waals surface area contributed by atoms with Gasteiger partial charge in [0.05, 0.1) is 12.5 Å². The fraction of sp³-hybridized carbons (Fsp3) is 0.562. The molecule has 1 aliphatic rings. The second kappa shape index (κ2) is 6.82. The van der Waals surface area contributed by atoms with Crippen LogP contribution >= 0.6 is 0 Å². The molecule has 0 amide bonds. The minimum atomic E-state index is -0.591. The molecule has 110 valence electrons. The highest BCUT2D eigenvalue weighted by Crippen LogP contribution is 2.41. The van der Waals surface area contributed by atoms with Crippen molar-refractivity contribution in [3.8, 4) is 0 Å². The van der Waals surface area contributed by atoms with E-state index < -0.39 is 11.6 Å². The van der Waals surface area contributed by atoms with E-state index in [1.54, 1.807) is 0 Å². The van der Waals surface area contributed by atoms with E-state index in [1.807, 2.05) is 6.92 Å². The van der Waals surface area contributed by atoms with Crippen LogP contribution in [0.25, 0.3) is 0 Å². The van der Waals surface area contributed by atoms with Gasteiger partial charge in [-0.15, -0.1) is 0 Å². The molecule has 2 nitrogen and oxygen atoms in total. The highest BCUT2D eigenvalue weighted by Gasteiger charge is 2.36. The molecular weight excluding hydrogens is 262 g/mol. The van der Waals surface area contributed by atoms with Crippen LogP contribution in [0.4, 0.5) is 8.78 Å². The Bertz CT molecular complexity index is 474. The molecule has 1 aliphatic carbocycles. The van der Waals surface area contributed by atoms with Crippen molar-refractivity contribution in [3.05, 3.63) is 35.4 Å².